The van der Waals surface area contributed by atoms with Gasteiger partial charge in [0.1, 0.15) is 0 Å². The van der Waals surface area contributed by atoms with Gasteiger partial charge in [-0.2, -0.15) is 0 Å². The van der Waals surface area contributed by atoms with Crippen LogP contribution in [0.3, 0.4) is 0 Å². The molecule has 5 nitrogen and oxygen atoms in total. The second-order valence-corrected chi connectivity index (χ2v) is 8.33. The fraction of sp³-hybridized carbons (Fsp3) is 0.650. The molecule has 0 spiro atoms. The second kappa shape index (κ2) is 6.52. The van der Waals surface area contributed by atoms with Crippen molar-refractivity contribution in [3.8, 4) is 0 Å². The summed E-state index contributed by atoms with van der Waals surface area (Å²) in [4.78, 5) is 14.8. The lowest BCUT2D eigenvalue weighted by molar-refractivity contribution is -0.108. The number of carbonyl (C=O) groups is 1. The molecule has 25 heavy (non-hydrogen) atoms. The highest BCUT2D eigenvalue weighted by molar-refractivity contribution is 5.74. The Kier molecular flexibility index (Phi) is 4.36. The molecular weight excluding hydrogens is 314 g/mol. The highest BCUT2D eigenvalue weighted by Gasteiger charge is 2.59. The molecule has 2 aliphatic heterocycles. The lowest BCUT2D eigenvalue weighted by Gasteiger charge is -2.54. The molecule has 2 saturated heterocycles. The lowest BCUT2D eigenvalue weighted by atomic mass is 9.57. The van der Waals surface area contributed by atoms with Crippen LogP contribution in [0, 0.1) is 17.3 Å². The summed E-state index contributed by atoms with van der Waals surface area (Å²) in [6, 6.07) is 10.7. The Bertz CT molecular complexity index is 619. The van der Waals surface area contributed by atoms with Crippen molar-refractivity contribution in [3.05, 3.63) is 30.3 Å². The number of hydrogen-bond acceptors (Lipinski definition) is 3. The van der Waals surface area contributed by atoms with Gasteiger partial charge in [0.25, 0.3) is 0 Å². The predicted molar refractivity (Wildman–Crippen MR) is 98.7 cm³/mol. The molecule has 3 fully saturated rings. The first-order valence-electron chi connectivity index (χ1n) is 9.51. The maximum Gasteiger partial charge on any atom is 0.315 e. The number of anilines is 1. The quantitative estimate of drug-likeness (QED) is 0.884. The monoisotopic (exact) mass is 343 g/mol. The van der Waals surface area contributed by atoms with Gasteiger partial charge in [-0.1, -0.05) is 32.0 Å². The number of para-hydroxylation sites is 1. The van der Waals surface area contributed by atoms with Gasteiger partial charge in [-0.25, -0.2) is 4.79 Å². The summed E-state index contributed by atoms with van der Waals surface area (Å²) >= 11 is 0. The third-order valence-corrected chi connectivity index (χ3v) is 6.35. The number of hydrogen-bond donors (Lipinski definition) is 2. The van der Waals surface area contributed by atoms with E-state index >= 15 is 0 Å². The van der Waals surface area contributed by atoms with Crippen LogP contribution in [-0.2, 0) is 4.74 Å². The van der Waals surface area contributed by atoms with Crippen LogP contribution in [0.4, 0.5) is 10.5 Å². The van der Waals surface area contributed by atoms with Gasteiger partial charge in [0.2, 0.25) is 0 Å². The minimum absolute atomic E-state index is 0.0263. The summed E-state index contributed by atoms with van der Waals surface area (Å²) in [5, 5.41) is 6.30. The van der Waals surface area contributed by atoms with E-state index in [2.05, 4.69) is 53.6 Å². The van der Waals surface area contributed by atoms with Gasteiger partial charge < -0.3 is 20.3 Å². The summed E-state index contributed by atoms with van der Waals surface area (Å²) in [5.74, 6) is 1.00. The van der Waals surface area contributed by atoms with Crippen molar-refractivity contribution in [2.45, 2.75) is 38.8 Å². The standard InChI is InChI=1S/C20H29N3O2/c1-20(2)17(16-9-11-25-18(16)20)22-19(24)21-12-14-8-10-23(13-14)15-6-4-3-5-7-15/h3-7,14,16-18H,8-13H2,1-2H3,(H2,21,22,24)/t14-,16+,17+,18+/m0/s1. The van der Waals surface area contributed by atoms with Crippen LogP contribution in [0.1, 0.15) is 26.7 Å². The minimum atomic E-state index is -0.0263. The molecule has 4 atom stereocenters. The maximum atomic E-state index is 12.4. The Balaban J connectivity index is 1.23. The summed E-state index contributed by atoms with van der Waals surface area (Å²) in [7, 11) is 0. The molecule has 2 N–H and O–H groups in total. The first kappa shape index (κ1) is 16.7. The Hall–Kier alpha value is -1.75. The molecule has 1 aromatic carbocycles. The van der Waals surface area contributed by atoms with Gasteiger partial charge in [0.15, 0.2) is 0 Å². The number of nitrogens with zero attached hydrogens (tertiary/aromatic N) is 1. The Morgan fingerprint density at radius 1 is 1.28 bits per heavy atom. The number of rotatable bonds is 4. The van der Waals surface area contributed by atoms with Crippen LogP contribution in [0.15, 0.2) is 30.3 Å². The molecule has 0 bridgehead atoms. The lowest BCUT2D eigenvalue weighted by Crippen LogP contribution is -2.67. The normalized spacial score (nSPS) is 32.8. The van der Waals surface area contributed by atoms with Crippen molar-refractivity contribution in [1.29, 1.82) is 0 Å². The Morgan fingerprint density at radius 3 is 2.88 bits per heavy atom. The summed E-state index contributed by atoms with van der Waals surface area (Å²) in [5.41, 5.74) is 1.31. The molecule has 0 radical (unpaired) electrons. The van der Waals surface area contributed by atoms with Crippen LogP contribution in [0.2, 0.25) is 0 Å². The zero-order chi connectivity index (χ0) is 17.4. The Morgan fingerprint density at radius 2 is 2.08 bits per heavy atom. The van der Waals surface area contributed by atoms with Gasteiger partial charge in [-0.15, -0.1) is 0 Å². The van der Waals surface area contributed by atoms with Gasteiger partial charge in [0.05, 0.1) is 6.10 Å². The zero-order valence-electron chi connectivity index (χ0n) is 15.2. The highest BCUT2D eigenvalue weighted by atomic mass is 16.5. The fourth-order valence-electron chi connectivity index (χ4n) is 4.92. The molecule has 4 rings (SSSR count). The van der Waals surface area contributed by atoms with Crippen molar-refractivity contribution in [2.24, 2.45) is 17.3 Å². The third-order valence-electron chi connectivity index (χ3n) is 6.35. The van der Waals surface area contributed by atoms with Crippen molar-refractivity contribution in [3.63, 3.8) is 0 Å². The van der Waals surface area contributed by atoms with E-state index in [1.807, 2.05) is 6.07 Å². The molecule has 1 aliphatic carbocycles. The van der Waals surface area contributed by atoms with Gasteiger partial charge in [-0.05, 0) is 30.9 Å². The van der Waals surface area contributed by atoms with Crippen molar-refractivity contribution in [1.82, 2.24) is 10.6 Å². The molecule has 5 heteroatoms. The van der Waals surface area contributed by atoms with Crippen molar-refractivity contribution < 1.29 is 9.53 Å². The summed E-state index contributed by atoms with van der Waals surface area (Å²) in [6.45, 7) is 8.04. The minimum Gasteiger partial charge on any atom is -0.377 e. The first-order valence-corrected chi connectivity index (χ1v) is 9.51. The van der Waals surface area contributed by atoms with E-state index in [1.165, 1.54) is 5.69 Å². The van der Waals surface area contributed by atoms with Crippen molar-refractivity contribution in [2.75, 3.05) is 31.1 Å². The van der Waals surface area contributed by atoms with Crippen LogP contribution in [0.25, 0.3) is 0 Å². The molecule has 136 valence electrons. The van der Waals surface area contributed by atoms with E-state index in [0.717, 1.165) is 39.1 Å². The van der Waals surface area contributed by atoms with Gasteiger partial charge in [-0.3, -0.25) is 0 Å². The van der Waals surface area contributed by atoms with E-state index < -0.39 is 0 Å². The van der Waals surface area contributed by atoms with Gasteiger partial charge >= 0.3 is 6.03 Å². The molecule has 2 heterocycles. The number of benzene rings is 1. The largest absolute Gasteiger partial charge is 0.377 e. The molecule has 2 amide bonds. The van der Waals surface area contributed by atoms with E-state index in [4.69, 9.17) is 4.74 Å². The Labute approximate surface area is 150 Å². The summed E-state index contributed by atoms with van der Waals surface area (Å²) in [6.07, 6.45) is 2.50. The number of urea groups is 1. The van der Waals surface area contributed by atoms with E-state index in [1.54, 1.807) is 0 Å². The van der Waals surface area contributed by atoms with E-state index in [-0.39, 0.29) is 17.5 Å². The summed E-state index contributed by atoms with van der Waals surface area (Å²) < 4.78 is 5.80. The van der Waals surface area contributed by atoms with E-state index in [0.29, 0.717) is 17.9 Å². The first-order chi connectivity index (χ1) is 12.1. The second-order valence-electron chi connectivity index (χ2n) is 8.33. The molecule has 0 unspecified atom stereocenters. The number of amides is 2. The topological polar surface area (TPSA) is 53.6 Å². The number of carbonyl (C=O) groups excluding carboxylic acids is 1. The average Bonchev–Trinajstić information content (AvgIpc) is 3.27. The molecular formula is C20H29N3O2. The van der Waals surface area contributed by atoms with Gasteiger partial charge in [0, 0.05) is 49.3 Å². The predicted octanol–water partition coefficient (Wildman–Crippen LogP) is 2.63. The van der Waals surface area contributed by atoms with E-state index in [9.17, 15) is 4.79 Å². The fourth-order valence-corrected chi connectivity index (χ4v) is 4.92. The van der Waals surface area contributed by atoms with Crippen molar-refractivity contribution >= 4 is 11.7 Å². The van der Waals surface area contributed by atoms with Crippen LogP contribution in [0.5, 0.6) is 0 Å². The highest BCUT2D eigenvalue weighted by Crippen LogP contribution is 2.52. The number of ether oxygens (including phenoxy) is 1. The smallest absolute Gasteiger partial charge is 0.315 e. The number of fused-ring (bicyclic) bond motifs is 1. The third kappa shape index (κ3) is 3.10. The van der Waals surface area contributed by atoms with Crippen LogP contribution in [-0.4, -0.2) is 44.4 Å². The molecule has 1 saturated carbocycles. The maximum absolute atomic E-state index is 12.4. The van der Waals surface area contributed by atoms with Crippen LogP contribution >= 0.6 is 0 Å². The SMILES string of the molecule is CC1(C)[C@H](NC(=O)NC[C@@H]2CCN(c3ccccc3)C2)[C@H]2CCO[C@H]21. The molecule has 1 aromatic rings. The average molecular weight is 343 g/mol. The zero-order valence-corrected chi connectivity index (χ0v) is 15.2. The van der Waals surface area contributed by atoms with Crippen LogP contribution < -0.4 is 15.5 Å². The molecule has 3 aliphatic rings. The number of nitrogens with one attached hydrogen (secondary N) is 2. The molecule has 0 aromatic heterocycles.